The zero-order chi connectivity index (χ0) is 15.2. The van der Waals surface area contributed by atoms with Crippen LogP contribution in [0.15, 0.2) is 22.9 Å². The van der Waals surface area contributed by atoms with Crippen LogP contribution in [0.25, 0.3) is 0 Å². The van der Waals surface area contributed by atoms with E-state index in [0.29, 0.717) is 27.9 Å². The number of pyridine rings is 1. The van der Waals surface area contributed by atoms with E-state index in [9.17, 15) is 4.79 Å². The summed E-state index contributed by atoms with van der Waals surface area (Å²) in [6.45, 7) is 4.92. The van der Waals surface area contributed by atoms with Gasteiger partial charge in [0.15, 0.2) is 0 Å². The maximum atomic E-state index is 12.2. The zero-order valence-electron chi connectivity index (χ0n) is 11.9. The van der Waals surface area contributed by atoms with Gasteiger partial charge in [-0.25, -0.2) is 4.98 Å². The van der Waals surface area contributed by atoms with Crippen molar-refractivity contribution in [1.82, 2.24) is 15.5 Å². The third kappa shape index (κ3) is 4.19. The molecule has 0 spiro atoms. The van der Waals surface area contributed by atoms with Crippen LogP contribution in [0.4, 0.5) is 5.82 Å². The van der Waals surface area contributed by atoms with Gasteiger partial charge in [0.2, 0.25) is 0 Å². The van der Waals surface area contributed by atoms with Crippen LogP contribution in [0, 0.1) is 6.92 Å². The topological polar surface area (TPSA) is 80.0 Å². The maximum Gasteiger partial charge on any atom is 0.253 e. The SMILES string of the molecule is CCCNc1cc(C(=O)NCc2cc(C)on2)c(Cl)cn1. The van der Waals surface area contributed by atoms with E-state index >= 15 is 0 Å². The molecule has 2 aromatic heterocycles. The molecule has 0 atom stereocenters. The van der Waals surface area contributed by atoms with Gasteiger partial charge in [-0.15, -0.1) is 0 Å². The van der Waals surface area contributed by atoms with E-state index in [0.717, 1.165) is 13.0 Å². The molecule has 0 aliphatic rings. The molecule has 0 radical (unpaired) electrons. The number of rotatable bonds is 6. The second kappa shape index (κ2) is 7.08. The Morgan fingerprint density at radius 2 is 2.24 bits per heavy atom. The van der Waals surface area contributed by atoms with Crippen molar-refractivity contribution in [3.63, 3.8) is 0 Å². The molecular formula is C14H17ClN4O2. The first-order chi connectivity index (χ1) is 10.1. The molecule has 0 aliphatic carbocycles. The summed E-state index contributed by atoms with van der Waals surface area (Å²) < 4.78 is 4.94. The summed E-state index contributed by atoms with van der Waals surface area (Å²) in [4.78, 5) is 16.3. The number of nitrogens with one attached hydrogen (secondary N) is 2. The van der Waals surface area contributed by atoms with Crippen LogP contribution in [-0.2, 0) is 6.54 Å². The zero-order valence-corrected chi connectivity index (χ0v) is 12.7. The number of carbonyl (C=O) groups is 1. The molecule has 2 heterocycles. The number of aryl methyl sites for hydroxylation is 1. The molecule has 1 amide bonds. The molecule has 0 aliphatic heterocycles. The minimum Gasteiger partial charge on any atom is -0.370 e. The fourth-order valence-corrected chi connectivity index (χ4v) is 1.92. The van der Waals surface area contributed by atoms with Crippen molar-refractivity contribution < 1.29 is 9.32 Å². The summed E-state index contributed by atoms with van der Waals surface area (Å²) in [5.41, 5.74) is 1.04. The van der Waals surface area contributed by atoms with Gasteiger partial charge in [0.05, 0.1) is 17.1 Å². The van der Waals surface area contributed by atoms with Crippen LogP contribution in [0.1, 0.15) is 35.2 Å². The second-order valence-electron chi connectivity index (χ2n) is 4.59. The van der Waals surface area contributed by atoms with E-state index in [2.05, 4.69) is 27.7 Å². The van der Waals surface area contributed by atoms with Crippen molar-refractivity contribution in [2.24, 2.45) is 0 Å². The lowest BCUT2D eigenvalue weighted by atomic mass is 10.2. The number of hydrogen-bond donors (Lipinski definition) is 2. The van der Waals surface area contributed by atoms with E-state index in [4.69, 9.17) is 16.1 Å². The highest BCUT2D eigenvalue weighted by molar-refractivity contribution is 6.33. The Morgan fingerprint density at radius 1 is 1.43 bits per heavy atom. The average molecular weight is 309 g/mol. The second-order valence-corrected chi connectivity index (χ2v) is 4.99. The van der Waals surface area contributed by atoms with Crippen molar-refractivity contribution in [3.05, 3.63) is 40.4 Å². The summed E-state index contributed by atoms with van der Waals surface area (Å²) in [5, 5.41) is 9.99. The Hall–Kier alpha value is -2.08. The van der Waals surface area contributed by atoms with Gasteiger partial charge in [-0.2, -0.15) is 0 Å². The Labute approximate surface area is 127 Å². The minimum atomic E-state index is -0.275. The Balaban J connectivity index is 2.03. The monoisotopic (exact) mass is 308 g/mol. The maximum absolute atomic E-state index is 12.2. The van der Waals surface area contributed by atoms with Crippen LogP contribution >= 0.6 is 11.6 Å². The summed E-state index contributed by atoms with van der Waals surface area (Å²) in [5.74, 6) is 1.05. The molecule has 21 heavy (non-hydrogen) atoms. The third-order valence-corrected chi connectivity index (χ3v) is 3.06. The van der Waals surface area contributed by atoms with Gasteiger partial charge < -0.3 is 15.2 Å². The summed E-state index contributed by atoms with van der Waals surface area (Å²) in [6.07, 6.45) is 2.44. The number of carbonyl (C=O) groups excluding carboxylic acids is 1. The molecule has 0 unspecified atom stereocenters. The van der Waals surface area contributed by atoms with Crippen molar-refractivity contribution in [3.8, 4) is 0 Å². The van der Waals surface area contributed by atoms with Crippen LogP contribution in [0.3, 0.4) is 0 Å². The fourth-order valence-electron chi connectivity index (χ4n) is 1.73. The number of hydrogen-bond acceptors (Lipinski definition) is 5. The number of nitrogens with zero attached hydrogens (tertiary/aromatic N) is 2. The van der Waals surface area contributed by atoms with Gasteiger partial charge in [0.1, 0.15) is 17.3 Å². The lowest BCUT2D eigenvalue weighted by Gasteiger charge is -2.08. The molecule has 112 valence electrons. The molecule has 0 saturated carbocycles. The molecule has 0 aromatic carbocycles. The average Bonchev–Trinajstić information content (AvgIpc) is 2.89. The van der Waals surface area contributed by atoms with Gasteiger partial charge in [0.25, 0.3) is 5.91 Å². The molecular weight excluding hydrogens is 292 g/mol. The molecule has 7 heteroatoms. The Kier molecular flexibility index (Phi) is 5.16. The van der Waals surface area contributed by atoms with E-state index in [-0.39, 0.29) is 12.5 Å². The molecule has 0 saturated heterocycles. The highest BCUT2D eigenvalue weighted by atomic mass is 35.5. The highest BCUT2D eigenvalue weighted by Crippen LogP contribution is 2.18. The quantitative estimate of drug-likeness (QED) is 0.857. The van der Waals surface area contributed by atoms with E-state index < -0.39 is 0 Å². The fraction of sp³-hybridized carbons (Fsp3) is 0.357. The van der Waals surface area contributed by atoms with Gasteiger partial charge in [-0.3, -0.25) is 4.79 Å². The number of anilines is 1. The number of halogens is 1. The van der Waals surface area contributed by atoms with Crippen LogP contribution < -0.4 is 10.6 Å². The van der Waals surface area contributed by atoms with Gasteiger partial charge in [-0.05, 0) is 19.4 Å². The van der Waals surface area contributed by atoms with Crippen LogP contribution in [-0.4, -0.2) is 22.6 Å². The molecule has 0 bridgehead atoms. The Morgan fingerprint density at radius 3 is 2.90 bits per heavy atom. The summed E-state index contributed by atoms with van der Waals surface area (Å²) in [7, 11) is 0. The van der Waals surface area contributed by atoms with Crippen LogP contribution in [0.5, 0.6) is 0 Å². The number of aromatic nitrogens is 2. The van der Waals surface area contributed by atoms with E-state index in [1.165, 1.54) is 6.20 Å². The Bertz CT molecular complexity index is 627. The van der Waals surface area contributed by atoms with Gasteiger partial charge in [0, 0.05) is 18.8 Å². The minimum absolute atomic E-state index is 0.275. The van der Waals surface area contributed by atoms with Gasteiger partial charge in [-0.1, -0.05) is 23.7 Å². The predicted molar refractivity (Wildman–Crippen MR) is 80.4 cm³/mol. The van der Waals surface area contributed by atoms with Crippen molar-refractivity contribution in [1.29, 1.82) is 0 Å². The molecule has 2 aromatic rings. The van der Waals surface area contributed by atoms with Crippen LogP contribution in [0.2, 0.25) is 5.02 Å². The normalized spacial score (nSPS) is 10.4. The third-order valence-electron chi connectivity index (χ3n) is 2.76. The predicted octanol–water partition coefficient (Wildman–Crippen LogP) is 2.78. The van der Waals surface area contributed by atoms with Crippen molar-refractivity contribution >= 4 is 23.3 Å². The first kappa shape index (κ1) is 15.3. The summed E-state index contributed by atoms with van der Waals surface area (Å²) in [6, 6.07) is 3.41. The van der Waals surface area contributed by atoms with E-state index in [1.54, 1.807) is 19.1 Å². The van der Waals surface area contributed by atoms with E-state index in [1.807, 2.05) is 0 Å². The first-order valence-corrected chi connectivity index (χ1v) is 7.07. The lowest BCUT2D eigenvalue weighted by molar-refractivity contribution is 0.0950. The standard InChI is InChI=1S/C14H17ClN4O2/c1-3-4-16-13-6-11(12(15)8-17-13)14(20)18-7-10-5-9(2)21-19-10/h5-6,8H,3-4,7H2,1-2H3,(H,16,17)(H,18,20). The first-order valence-electron chi connectivity index (χ1n) is 6.70. The smallest absolute Gasteiger partial charge is 0.253 e. The van der Waals surface area contributed by atoms with Crippen molar-refractivity contribution in [2.75, 3.05) is 11.9 Å². The largest absolute Gasteiger partial charge is 0.370 e. The molecule has 6 nitrogen and oxygen atoms in total. The number of amides is 1. The molecule has 2 rings (SSSR count). The molecule has 2 N–H and O–H groups in total. The molecule has 0 fully saturated rings. The van der Waals surface area contributed by atoms with Crippen molar-refractivity contribution in [2.45, 2.75) is 26.8 Å². The highest BCUT2D eigenvalue weighted by Gasteiger charge is 2.12. The summed E-state index contributed by atoms with van der Waals surface area (Å²) >= 11 is 6.03. The van der Waals surface area contributed by atoms with Gasteiger partial charge >= 0.3 is 0 Å². The lowest BCUT2D eigenvalue weighted by Crippen LogP contribution is -2.23.